The highest BCUT2D eigenvalue weighted by atomic mass is 19.2. The van der Waals surface area contributed by atoms with Crippen molar-refractivity contribution in [1.29, 1.82) is 0 Å². The lowest BCUT2D eigenvalue weighted by Crippen LogP contribution is -1.92. The maximum absolute atomic E-state index is 13.8. The van der Waals surface area contributed by atoms with Crippen molar-refractivity contribution in [3.8, 4) is 28.8 Å². The molecule has 0 spiro atoms. The Balaban J connectivity index is 1.54. The van der Waals surface area contributed by atoms with Gasteiger partial charge in [0.05, 0.1) is 18.5 Å². The lowest BCUT2D eigenvalue weighted by Gasteiger charge is -2.04. The Morgan fingerprint density at radius 3 is 2.34 bits per heavy atom. The van der Waals surface area contributed by atoms with Crippen molar-refractivity contribution in [2.45, 2.75) is 6.92 Å². The largest absolute Gasteiger partial charge is 0.492 e. The minimum atomic E-state index is -0.849. The van der Waals surface area contributed by atoms with E-state index in [1.165, 1.54) is 0 Å². The van der Waals surface area contributed by atoms with Gasteiger partial charge in [-0.1, -0.05) is 36.1 Å². The van der Waals surface area contributed by atoms with Crippen molar-refractivity contribution >= 4 is 10.8 Å². The topological polar surface area (TPSA) is 22.1 Å². The van der Waals surface area contributed by atoms with Crippen LogP contribution in [0.1, 0.15) is 18.1 Å². The lowest BCUT2D eigenvalue weighted by molar-refractivity contribution is 0.339. The van der Waals surface area contributed by atoms with Gasteiger partial charge >= 0.3 is 0 Å². The summed E-state index contributed by atoms with van der Waals surface area (Å²) in [5, 5.41) is 0.871. The number of rotatable bonds is 3. The summed E-state index contributed by atoms with van der Waals surface area (Å²) in [6, 6.07) is 19.3. The number of fused-ring (bicyclic) bond motifs is 1. The number of hydrogen-bond acceptors (Lipinski definition) is 2. The molecule has 1 heterocycles. The van der Waals surface area contributed by atoms with Crippen LogP contribution in [-0.2, 0) is 0 Å². The number of halogens is 2. The third kappa shape index (κ3) is 4.09. The molecule has 0 bridgehead atoms. The second kappa shape index (κ2) is 8.12. The number of benzene rings is 3. The van der Waals surface area contributed by atoms with Gasteiger partial charge in [0.15, 0.2) is 11.6 Å². The molecule has 29 heavy (non-hydrogen) atoms. The molecular weight excluding hydrogens is 368 g/mol. The van der Waals surface area contributed by atoms with Crippen molar-refractivity contribution in [3.05, 3.63) is 95.7 Å². The number of aromatic nitrogens is 1. The van der Waals surface area contributed by atoms with E-state index in [-0.39, 0.29) is 5.39 Å². The zero-order chi connectivity index (χ0) is 20.2. The van der Waals surface area contributed by atoms with Gasteiger partial charge in [0.1, 0.15) is 5.75 Å². The Morgan fingerprint density at radius 2 is 1.62 bits per heavy atom. The van der Waals surface area contributed by atoms with E-state index >= 15 is 0 Å². The van der Waals surface area contributed by atoms with E-state index in [9.17, 15) is 8.78 Å². The van der Waals surface area contributed by atoms with Gasteiger partial charge in [-0.05, 0) is 54.8 Å². The van der Waals surface area contributed by atoms with Crippen LogP contribution in [0.4, 0.5) is 8.78 Å². The van der Waals surface area contributed by atoms with Crippen LogP contribution in [0.3, 0.4) is 0 Å². The summed E-state index contributed by atoms with van der Waals surface area (Å²) < 4.78 is 32.5. The maximum atomic E-state index is 13.8. The Bertz CT molecular complexity index is 1220. The van der Waals surface area contributed by atoms with Crippen LogP contribution in [0.15, 0.2) is 72.9 Å². The van der Waals surface area contributed by atoms with Gasteiger partial charge in [0, 0.05) is 22.1 Å². The lowest BCUT2D eigenvalue weighted by atomic mass is 10.1. The van der Waals surface area contributed by atoms with E-state index in [1.807, 2.05) is 43.3 Å². The molecule has 1 aromatic heterocycles. The molecule has 0 unspecified atom stereocenters. The molecule has 0 aliphatic rings. The first-order valence-corrected chi connectivity index (χ1v) is 9.23. The predicted octanol–water partition coefficient (Wildman–Crippen LogP) is 5.98. The molecule has 0 radical (unpaired) electrons. The van der Waals surface area contributed by atoms with Crippen LogP contribution in [0.2, 0.25) is 0 Å². The van der Waals surface area contributed by atoms with Gasteiger partial charge < -0.3 is 4.74 Å². The summed E-state index contributed by atoms with van der Waals surface area (Å²) in [6.07, 6.45) is 1.71. The highest BCUT2D eigenvalue weighted by molar-refractivity contribution is 5.84. The van der Waals surface area contributed by atoms with E-state index in [0.29, 0.717) is 12.0 Å². The standard InChI is InChI=1S/C25H17F2NO/c1-2-29-21-11-14-24(28-16-21)19-8-5-17(6-9-19)3-4-18-7-12-22-20(15-18)10-13-23(26)25(22)27/h5-16H,2H2,1H3. The fourth-order valence-corrected chi connectivity index (χ4v) is 3.01. The summed E-state index contributed by atoms with van der Waals surface area (Å²) >= 11 is 0. The molecule has 4 aromatic rings. The summed E-state index contributed by atoms with van der Waals surface area (Å²) in [5.74, 6) is 5.23. The van der Waals surface area contributed by atoms with Gasteiger partial charge in [-0.2, -0.15) is 0 Å². The van der Waals surface area contributed by atoms with Gasteiger partial charge in [-0.25, -0.2) is 8.78 Å². The van der Waals surface area contributed by atoms with Crippen LogP contribution >= 0.6 is 0 Å². The van der Waals surface area contributed by atoms with Crippen molar-refractivity contribution in [2.75, 3.05) is 6.61 Å². The fraction of sp³-hybridized carbons (Fsp3) is 0.0800. The van der Waals surface area contributed by atoms with Gasteiger partial charge in [-0.15, -0.1) is 0 Å². The number of hydrogen-bond donors (Lipinski definition) is 0. The van der Waals surface area contributed by atoms with E-state index in [4.69, 9.17) is 4.74 Å². The predicted molar refractivity (Wildman–Crippen MR) is 111 cm³/mol. The monoisotopic (exact) mass is 385 g/mol. The van der Waals surface area contributed by atoms with Gasteiger partial charge in [-0.3, -0.25) is 4.98 Å². The molecule has 0 atom stereocenters. The fourth-order valence-electron chi connectivity index (χ4n) is 3.01. The molecular formula is C25H17F2NO. The van der Waals surface area contributed by atoms with Gasteiger partial charge in [0.25, 0.3) is 0 Å². The zero-order valence-corrected chi connectivity index (χ0v) is 15.7. The van der Waals surface area contributed by atoms with E-state index in [1.54, 1.807) is 30.5 Å². The molecule has 0 saturated carbocycles. The van der Waals surface area contributed by atoms with Gasteiger partial charge in [0.2, 0.25) is 0 Å². The highest BCUT2D eigenvalue weighted by Gasteiger charge is 2.06. The number of pyridine rings is 1. The second-order valence-electron chi connectivity index (χ2n) is 6.44. The molecule has 0 aliphatic heterocycles. The molecule has 3 aromatic carbocycles. The van der Waals surface area contributed by atoms with Crippen molar-refractivity contribution in [3.63, 3.8) is 0 Å². The van der Waals surface area contributed by atoms with Crippen LogP contribution < -0.4 is 4.74 Å². The smallest absolute Gasteiger partial charge is 0.166 e. The minimum absolute atomic E-state index is 0.253. The molecule has 0 saturated heterocycles. The molecule has 4 rings (SSSR count). The third-order valence-corrected chi connectivity index (χ3v) is 4.49. The van der Waals surface area contributed by atoms with Crippen molar-refractivity contribution in [1.82, 2.24) is 4.98 Å². The van der Waals surface area contributed by atoms with E-state index in [0.717, 1.165) is 34.2 Å². The second-order valence-corrected chi connectivity index (χ2v) is 6.44. The summed E-state index contributed by atoms with van der Waals surface area (Å²) in [5.41, 5.74) is 3.43. The normalized spacial score (nSPS) is 10.4. The molecule has 0 amide bonds. The highest BCUT2D eigenvalue weighted by Crippen LogP contribution is 2.22. The van der Waals surface area contributed by atoms with E-state index in [2.05, 4.69) is 16.8 Å². The minimum Gasteiger partial charge on any atom is -0.492 e. The van der Waals surface area contributed by atoms with E-state index < -0.39 is 11.6 Å². The van der Waals surface area contributed by atoms with Crippen LogP contribution in [-0.4, -0.2) is 11.6 Å². The SMILES string of the molecule is CCOc1ccc(-c2ccc(C#Cc3ccc4c(F)c(F)ccc4c3)cc2)nc1. The number of nitrogens with zero attached hydrogens (tertiary/aromatic N) is 1. The average molecular weight is 385 g/mol. The molecule has 2 nitrogen and oxygen atoms in total. The van der Waals surface area contributed by atoms with Crippen LogP contribution in [0, 0.1) is 23.5 Å². The first kappa shape index (κ1) is 18.6. The Hall–Kier alpha value is -3.71. The van der Waals surface area contributed by atoms with Crippen LogP contribution in [0.25, 0.3) is 22.0 Å². The summed E-state index contributed by atoms with van der Waals surface area (Å²) in [4.78, 5) is 4.41. The van der Waals surface area contributed by atoms with Crippen molar-refractivity contribution < 1.29 is 13.5 Å². The number of ether oxygens (including phenoxy) is 1. The molecule has 0 aliphatic carbocycles. The summed E-state index contributed by atoms with van der Waals surface area (Å²) in [6.45, 7) is 2.54. The first-order chi connectivity index (χ1) is 14.1. The molecule has 4 heteroatoms. The van der Waals surface area contributed by atoms with Crippen LogP contribution in [0.5, 0.6) is 5.75 Å². The molecule has 0 fully saturated rings. The maximum Gasteiger partial charge on any atom is 0.166 e. The van der Waals surface area contributed by atoms with Crippen molar-refractivity contribution in [2.24, 2.45) is 0 Å². The zero-order valence-electron chi connectivity index (χ0n) is 15.7. The molecule has 0 N–H and O–H groups in total. The Kier molecular flexibility index (Phi) is 5.22. The Morgan fingerprint density at radius 1 is 0.862 bits per heavy atom. The molecule has 142 valence electrons. The Labute approximate surface area is 167 Å². The third-order valence-electron chi connectivity index (χ3n) is 4.49. The quantitative estimate of drug-likeness (QED) is 0.405. The first-order valence-electron chi connectivity index (χ1n) is 9.23. The summed E-state index contributed by atoms with van der Waals surface area (Å²) in [7, 11) is 0. The average Bonchev–Trinajstić information content (AvgIpc) is 2.76.